The highest BCUT2D eigenvalue weighted by atomic mass is 16.5. The molecule has 0 unspecified atom stereocenters. The standard InChI is InChI=1S/C19H19N3O3/c1-12-4-6-13(7-5-12)17-18(23)19(21-11-20-17)22-14-8-15(24-2)10-16(9-14)25-3/h4-11,23H,1-3H3,(H,20,21,22). The van der Waals surface area contributed by atoms with Gasteiger partial charge in [0, 0.05) is 29.4 Å². The van der Waals surface area contributed by atoms with Gasteiger partial charge in [-0.05, 0) is 6.92 Å². The van der Waals surface area contributed by atoms with E-state index in [9.17, 15) is 5.11 Å². The molecular formula is C19H19N3O3. The second-order valence-electron chi connectivity index (χ2n) is 5.51. The Morgan fingerprint density at radius 3 is 2.16 bits per heavy atom. The van der Waals surface area contributed by atoms with Crippen LogP contribution in [0.1, 0.15) is 5.56 Å². The van der Waals surface area contributed by atoms with Crippen LogP contribution < -0.4 is 14.8 Å². The Balaban J connectivity index is 1.96. The highest BCUT2D eigenvalue weighted by molar-refractivity contribution is 5.75. The van der Waals surface area contributed by atoms with E-state index >= 15 is 0 Å². The van der Waals surface area contributed by atoms with E-state index < -0.39 is 0 Å². The summed E-state index contributed by atoms with van der Waals surface area (Å²) >= 11 is 0. The van der Waals surface area contributed by atoms with Crippen LogP contribution in [-0.2, 0) is 0 Å². The van der Waals surface area contributed by atoms with Crippen molar-refractivity contribution in [3.8, 4) is 28.5 Å². The first kappa shape index (κ1) is 16.6. The molecule has 6 heteroatoms. The number of nitrogens with zero attached hydrogens (tertiary/aromatic N) is 2. The van der Waals surface area contributed by atoms with Crippen LogP contribution >= 0.6 is 0 Å². The normalized spacial score (nSPS) is 10.4. The minimum absolute atomic E-state index is 0.0202. The lowest BCUT2D eigenvalue weighted by Gasteiger charge is -2.12. The van der Waals surface area contributed by atoms with Crippen LogP contribution in [0.15, 0.2) is 48.8 Å². The number of hydrogen-bond acceptors (Lipinski definition) is 6. The van der Waals surface area contributed by atoms with Gasteiger partial charge in [0.1, 0.15) is 23.5 Å². The number of rotatable bonds is 5. The Morgan fingerprint density at radius 2 is 1.56 bits per heavy atom. The third-order valence-electron chi connectivity index (χ3n) is 3.76. The summed E-state index contributed by atoms with van der Waals surface area (Å²) in [6.07, 6.45) is 1.41. The first-order valence-corrected chi connectivity index (χ1v) is 7.72. The van der Waals surface area contributed by atoms with Crippen molar-refractivity contribution in [2.24, 2.45) is 0 Å². The number of aryl methyl sites for hydroxylation is 1. The smallest absolute Gasteiger partial charge is 0.185 e. The summed E-state index contributed by atoms with van der Waals surface area (Å²) in [5.41, 5.74) is 3.10. The molecule has 2 N–H and O–H groups in total. The van der Waals surface area contributed by atoms with Crippen molar-refractivity contribution in [3.05, 3.63) is 54.4 Å². The van der Waals surface area contributed by atoms with Crippen molar-refractivity contribution in [3.63, 3.8) is 0 Å². The van der Waals surface area contributed by atoms with Gasteiger partial charge in [-0.1, -0.05) is 29.8 Å². The summed E-state index contributed by atoms with van der Waals surface area (Å²) in [7, 11) is 3.16. The number of methoxy groups -OCH3 is 2. The molecule has 0 saturated carbocycles. The fraction of sp³-hybridized carbons (Fsp3) is 0.158. The van der Waals surface area contributed by atoms with Crippen molar-refractivity contribution in [1.29, 1.82) is 0 Å². The molecule has 0 radical (unpaired) electrons. The maximum Gasteiger partial charge on any atom is 0.185 e. The van der Waals surface area contributed by atoms with Crippen LogP contribution in [0.2, 0.25) is 0 Å². The summed E-state index contributed by atoms with van der Waals surface area (Å²) < 4.78 is 10.5. The Morgan fingerprint density at radius 1 is 0.920 bits per heavy atom. The van der Waals surface area contributed by atoms with Gasteiger partial charge in [-0.15, -0.1) is 0 Å². The minimum Gasteiger partial charge on any atom is -0.503 e. The average Bonchev–Trinajstić information content (AvgIpc) is 2.64. The van der Waals surface area contributed by atoms with E-state index in [4.69, 9.17) is 9.47 Å². The molecule has 1 aromatic heterocycles. The molecule has 0 saturated heterocycles. The Hall–Kier alpha value is -3.28. The minimum atomic E-state index is -0.0202. The predicted molar refractivity (Wildman–Crippen MR) is 96.7 cm³/mol. The summed E-state index contributed by atoms with van der Waals surface area (Å²) in [5, 5.41) is 13.7. The van der Waals surface area contributed by atoms with Gasteiger partial charge in [0.05, 0.1) is 14.2 Å². The molecule has 0 spiro atoms. The van der Waals surface area contributed by atoms with Crippen LogP contribution in [0.4, 0.5) is 11.5 Å². The SMILES string of the molecule is COc1cc(Nc2ncnc(-c3ccc(C)cc3)c2O)cc(OC)c1. The van der Waals surface area contributed by atoms with Crippen molar-refractivity contribution < 1.29 is 14.6 Å². The molecule has 0 aliphatic heterocycles. The van der Waals surface area contributed by atoms with Gasteiger partial charge < -0.3 is 19.9 Å². The molecule has 0 bridgehead atoms. The molecule has 6 nitrogen and oxygen atoms in total. The summed E-state index contributed by atoms with van der Waals surface area (Å²) in [5.74, 6) is 1.55. The highest BCUT2D eigenvalue weighted by Crippen LogP contribution is 2.35. The van der Waals surface area contributed by atoms with E-state index in [1.54, 1.807) is 32.4 Å². The Bertz CT molecular complexity index is 857. The second kappa shape index (κ2) is 7.09. The summed E-state index contributed by atoms with van der Waals surface area (Å²) in [6, 6.07) is 13.1. The average molecular weight is 337 g/mol. The summed E-state index contributed by atoms with van der Waals surface area (Å²) in [6.45, 7) is 2.01. The number of aromatic hydroxyl groups is 1. The molecule has 0 amide bonds. The zero-order valence-corrected chi connectivity index (χ0v) is 14.3. The fourth-order valence-electron chi connectivity index (χ4n) is 2.41. The molecule has 0 fully saturated rings. The molecule has 128 valence electrons. The van der Waals surface area contributed by atoms with Gasteiger partial charge in [-0.3, -0.25) is 0 Å². The van der Waals surface area contributed by atoms with Gasteiger partial charge in [0.15, 0.2) is 11.6 Å². The molecule has 25 heavy (non-hydrogen) atoms. The van der Waals surface area contributed by atoms with E-state index in [1.165, 1.54) is 6.33 Å². The zero-order valence-electron chi connectivity index (χ0n) is 14.3. The fourth-order valence-corrected chi connectivity index (χ4v) is 2.41. The lowest BCUT2D eigenvalue weighted by Crippen LogP contribution is -1.98. The maximum absolute atomic E-state index is 10.6. The number of aromatic nitrogens is 2. The van der Waals surface area contributed by atoms with E-state index in [1.807, 2.05) is 31.2 Å². The summed E-state index contributed by atoms with van der Waals surface area (Å²) in [4.78, 5) is 8.33. The van der Waals surface area contributed by atoms with Crippen molar-refractivity contribution in [1.82, 2.24) is 9.97 Å². The van der Waals surface area contributed by atoms with Crippen LogP contribution in [0.3, 0.4) is 0 Å². The number of benzene rings is 2. The van der Waals surface area contributed by atoms with Gasteiger partial charge in [0.25, 0.3) is 0 Å². The van der Waals surface area contributed by atoms with Gasteiger partial charge in [-0.25, -0.2) is 9.97 Å². The van der Waals surface area contributed by atoms with E-state index in [2.05, 4.69) is 15.3 Å². The van der Waals surface area contributed by atoms with E-state index in [0.29, 0.717) is 28.7 Å². The lowest BCUT2D eigenvalue weighted by atomic mass is 10.1. The molecule has 0 atom stereocenters. The van der Waals surface area contributed by atoms with Crippen LogP contribution in [0, 0.1) is 6.92 Å². The van der Waals surface area contributed by atoms with Crippen LogP contribution in [0.25, 0.3) is 11.3 Å². The predicted octanol–water partition coefficient (Wildman–Crippen LogP) is 3.92. The van der Waals surface area contributed by atoms with Gasteiger partial charge in [-0.2, -0.15) is 0 Å². The third kappa shape index (κ3) is 3.63. The van der Waals surface area contributed by atoms with E-state index in [0.717, 1.165) is 11.1 Å². The quantitative estimate of drug-likeness (QED) is 0.735. The second-order valence-corrected chi connectivity index (χ2v) is 5.51. The molecule has 0 aliphatic rings. The zero-order chi connectivity index (χ0) is 17.8. The number of anilines is 2. The van der Waals surface area contributed by atoms with Crippen molar-refractivity contribution in [2.45, 2.75) is 6.92 Å². The van der Waals surface area contributed by atoms with Crippen LogP contribution in [-0.4, -0.2) is 29.3 Å². The van der Waals surface area contributed by atoms with Gasteiger partial charge in [0.2, 0.25) is 0 Å². The van der Waals surface area contributed by atoms with Crippen LogP contribution in [0.5, 0.6) is 17.2 Å². The number of ether oxygens (including phenoxy) is 2. The molecular weight excluding hydrogens is 318 g/mol. The Kier molecular flexibility index (Phi) is 4.70. The van der Waals surface area contributed by atoms with Gasteiger partial charge >= 0.3 is 0 Å². The van der Waals surface area contributed by atoms with Crippen molar-refractivity contribution >= 4 is 11.5 Å². The lowest BCUT2D eigenvalue weighted by molar-refractivity contribution is 0.395. The third-order valence-corrected chi connectivity index (χ3v) is 3.76. The largest absolute Gasteiger partial charge is 0.503 e. The maximum atomic E-state index is 10.6. The first-order chi connectivity index (χ1) is 12.1. The molecule has 3 rings (SSSR count). The number of nitrogens with one attached hydrogen (secondary N) is 1. The molecule has 2 aromatic carbocycles. The molecule has 3 aromatic rings. The molecule has 1 heterocycles. The monoisotopic (exact) mass is 337 g/mol. The highest BCUT2D eigenvalue weighted by Gasteiger charge is 2.13. The Labute approximate surface area is 146 Å². The topological polar surface area (TPSA) is 76.5 Å². The molecule has 0 aliphatic carbocycles. The number of hydrogen-bond donors (Lipinski definition) is 2. The van der Waals surface area contributed by atoms with E-state index in [-0.39, 0.29) is 5.75 Å². The van der Waals surface area contributed by atoms with Crippen molar-refractivity contribution in [2.75, 3.05) is 19.5 Å². The first-order valence-electron chi connectivity index (χ1n) is 7.72.